The standard InChI is InChI=1S/C11H11BrN4O/c1-7-5-6-16(14-7)9-4-2-3-8(12)10(9)11(13)15-17/h2-6,17H,1H3,(H2,13,15). The lowest BCUT2D eigenvalue weighted by atomic mass is 10.1. The topological polar surface area (TPSA) is 76.4 Å². The third-order valence-corrected chi connectivity index (χ3v) is 2.99. The normalized spacial score (nSPS) is 11.8. The van der Waals surface area contributed by atoms with Crippen LogP contribution in [0, 0.1) is 6.92 Å². The molecule has 1 heterocycles. The predicted molar refractivity (Wildman–Crippen MR) is 68.5 cm³/mol. The van der Waals surface area contributed by atoms with Crippen LogP contribution < -0.4 is 5.73 Å². The molecule has 0 bridgehead atoms. The summed E-state index contributed by atoms with van der Waals surface area (Å²) >= 11 is 3.38. The van der Waals surface area contributed by atoms with Crippen molar-refractivity contribution in [1.29, 1.82) is 0 Å². The fraction of sp³-hybridized carbons (Fsp3) is 0.0909. The van der Waals surface area contributed by atoms with Gasteiger partial charge in [0, 0.05) is 10.7 Å². The molecule has 1 aromatic heterocycles. The minimum absolute atomic E-state index is 0.0422. The van der Waals surface area contributed by atoms with E-state index >= 15 is 0 Å². The van der Waals surface area contributed by atoms with Crippen LogP contribution in [0.3, 0.4) is 0 Å². The van der Waals surface area contributed by atoms with Crippen LogP contribution in [0.25, 0.3) is 5.69 Å². The van der Waals surface area contributed by atoms with Crippen molar-refractivity contribution in [1.82, 2.24) is 9.78 Å². The molecule has 0 aliphatic carbocycles. The Kier molecular flexibility index (Phi) is 3.14. The first-order valence-electron chi connectivity index (χ1n) is 4.92. The number of amidine groups is 1. The number of hydrogen-bond acceptors (Lipinski definition) is 3. The van der Waals surface area contributed by atoms with Crippen LogP contribution in [0.5, 0.6) is 0 Å². The summed E-state index contributed by atoms with van der Waals surface area (Å²) in [5, 5.41) is 16.1. The van der Waals surface area contributed by atoms with E-state index in [0.29, 0.717) is 5.56 Å². The first-order valence-corrected chi connectivity index (χ1v) is 5.72. The van der Waals surface area contributed by atoms with Gasteiger partial charge < -0.3 is 10.9 Å². The van der Waals surface area contributed by atoms with Gasteiger partial charge in [0.15, 0.2) is 5.84 Å². The molecule has 0 saturated carbocycles. The second-order valence-electron chi connectivity index (χ2n) is 3.52. The van der Waals surface area contributed by atoms with Gasteiger partial charge in [-0.2, -0.15) is 5.10 Å². The molecule has 0 amide bonds. The highest BCUT2D eigenvalue weighted by molar-refractivity contribution is 9.10. The summed E-state index contributed by atoms with van der Waals surface area (Å²) in [6, 6.07) is 7.43. The molecule has 1 aromatic carbocycles. The number of benzene rings is 1. The first kappa shape index (κ1) is 11.7. The molecule has 5 nitrogen and oxygen atoms in total. The maximum Gasteiger partial charge on any atom is 0.173 e. The molecule has 2 rings (SSSR count). The van der Waals surface area contributed by atoms with Crippen molar-refractivity contribution < 1.29 is 5.21 Å². The van der Waals surface area contributed by atoms with E-state index in [1.54, 1.807) is 4.68 Å². The minimum atomic E-state index is 0.0422. The highest BCUT2D eigenvalue weighted by atomic mass is 79.9. The molecular weight excluding hydrogens is 284 g/mol. The smallest absolute Gasteiger partial charge is 0.173 e. The summed E-state index contributed by atoms with van der Waals surface area (Å²) in [6.45, 7) is 1.90. The number of nitrogens with two attached hydrogens (primary N) is 1. The zero-order valence-electron chi connectivity index (χ0n) is 9.13. The monoisotopic (exact) mass is 294 g/mol. The molecule has 2 aromatic rings. The third kappa shape index (κ3) is 2.16. The second-order valence-corrected chi connectivity index (χ2v) is 4.38. The highest BCUT2D eigenvalue weighted by Gasteiger charge is 2.13. The van der Waals surface area contributed by atoms with Crippen LogP contribution in [0.4, 0.5) is 0 Å². The fourth-order valence-corrected chi connectivity index (χ4v) is 2.12. The van der Waals surface area contributed by atoms with Gasteiger partial charge in [-0.3, -0.25) is 0 Å². The van der Waals surface area contributed by atoms with Crippen molar-refractivity contribution in [3.63, 3.8) is 0 Å². The molecule has 0 aliphatic rings. The van der Waals surface area contributed by atoms with Gasteiger partial charge in [-0.25, -0.2) is 4.68 Å². The Morgan fingerprint density at radius 1 is 1.47 bits per heavy atom. The van der Waals surface area contributed by atoms with Gasteiger partial charge in [-0.1, -0.05) is 11.2 Å². The zero-order valence-corrected chi connectivity index (χ0v) is 10.7. The molecule has 88 valence electrons. The first-order chi connectivity index (χ1) is 8.13. The summed E-state index contributed by atoms with van der Waals surface area (Å²) in [4.78, 5) is 0. The van der Waals surface area contributed by atoms with E-state index in [4.69, 9.17) is 10.9 Å². The lowest BCUT2D eigenvalue weighted by Gasteiger charge is -2.10. The SMILES string of the molecule is Cc1ccn(-c2cccc(Br)c2/C(N)=N/O)n1. The van der Waals surface area contributed by atoms with E-state index < -0.39 is 0 Å². The number of halogens is 1. The summed E-state index contributed by atoms with van der Waals surface area (Å²) < 4.78 is 2.44. The molecule has 6 heteroatoms. The van der Waals surface area contributed by atoms with Crippen LogP contribution in [0.15, 0.2) is 40.1 Å². The Bertz CT molecular complexity index is 577. The van der Waals surface area contributed by atoms with Crippen molar-refractivity contribution in [2.45, 2.75) is 6.92 Å². The summed E-state index contributed by atoms with van der Waals surface area (Å²) in [5.41, 5.74) is 7.93. The number of nitrogens with zero attached hydrogens (tertiary/aromatic N) is 3. The quantitative estimate of drug-likeness (QED) is 0.385. The highest BCUT2D eigenvalue weighted by Crippen LogP contribution is 2.23. The number of oxime groups is 1. The maximum absolute atomic E-state index is 8.80. The van der Waals surface area contributed by atoms with E-state index in [9.17, 15) is 0 Å². The molecule has 0 radical (unpaired) electrons. The lowest BCUT2D eigenvalue weighted by molar-refractivity contribution is 0.318. The second kappa shape index (κ2) is 4.58. The lowest BCUT2D eigenvalue weighted by Crippen LogP contribution is -2.17. The Balaban J connectivity index is 2.66. The third-order valence-electron chi connectivity index (χ3n) is 2.32. The molecule has 0 fully saturated rings. The van der Waals surface area contributed by atoms with Crippen LogP contribution in [0.1, 0.15) is 11.3 Å². The molecule has 17 heavy (non-hydrogen) atoms. The van der Waals surface area contributed by atoms with Gasteiger partial charge in [0.25, 0.3) is 0 Å². The maximum atomic E-state index is 8.80. The number of rotatable bonds is 2. The van der Waals surface area contributed by atoms with Crippen LogP contribution in [-0.2, 0) is 0 Å². The molecule has 0 aliphatic heterocycles. The Morgan fingerprint density at radius 3 is 2.82 bits per heavy atom. The van der Waals surface area contributed by atoms with Gasteiger partial charge in [0.1, 0.15) is 0 Å². The number of hydrogen-bond donors (Lipinski definition) is 2. The van der Waals surface area contributed by atoms with Crippen molar-refractivity contribution in [3.8, 4) is 5.69 Å². The van der Waals surface area contributed by atoms with E-state index in [2.05, 4.69) is 26.2 Å². The predicted octanol–water partition coefficient (Wildman–Crippen LogP) is 2.04. The Labute approximate surface area is 107 Å². The zero-order chi connectivity index (χ0) is 12.4. The Hall–Kier alpha value is -1.82. The van der Waals surface area contributed by atoms with Gasteiger partial charge in [0.05, 0.1) is 16.9 Å². The van der Waals surface area contributed by atoms with E-state index in [0.717, 1.165) is 15.9 Å². The molecular formula is C11H11BrN4O. The molecule has 3 N–H and O–H groups in total. The van der Waals surface area contributed by atoms with E-state index in [1.165, 1.54) is 0 Å². The fourth-order valence-electron chi connectivity index (χ4n) is 1.56. The molecule has 0 saturated heterocycles. The van der Waals surface area contributed by atoms with Crippen molar-refractivity contribution in [2.75, 3.05) is 0 Å². The molecule has 0 spiro atoms. The van der Waals surface area contributed by atoms with Gasteiger partial charge in [-0.15, -0.1) is 0 Å². The number of aryl methyl sites for hydroxylation is 1. The van der Waals surface area contributed by atoms with Gasteiger partial charge >= 0.3 is 0 Å². The molecule has 0 unspecified atom stereocenters. The average Bonchev–Trinajstić information content (AvgIpc) is 2.74. The summed E-state index contributed by atoms with van der Waals surface area (Å²) in [7, 11) is 0. The number of aromatic nitrogens is 2. The molecule has 0 atom stereocenters. The summed E-state index contributed by atoms with van der Waals surface area (Å²) in [5.74, 6) is 0.0422. The Morgan fingerprint density at radius 2 is 2.24 bits per heavy atom. The van der Waals surface area contributed by atoms with Crippen LogP contribution in [-0.4, -0.2) is 20.8 Å². The van der Waals surface area contributed by atoms with Crippen molar-refractivity contribution in [2.24, 2.45) is 10.9 Å². The minimum Gasteiger partial charge on any atom is -0.409 e. The van der Waals surface area contributed by atoms with Gasteiger partial charge in [0.2, 0.25) is 0 Å². The van der Waals surface area contributed by atoms with Crippen molar-refractivity contribution >= 4 is 21.8 Å². The van der Waals surface area contributed by atoms with E-state index in [-0.39, 0.29) is 5.84 Å². The largest absolute Gasteiger partial charge is 0.409 e. The van der Waals surface area contributed by atoms with Crippen LogP contribution >= 0.6 is 15.9 Å². The summed E-state index contributed by atoms with van der Waals surface area (Å²) in [6.07, 6.45) is 1.82. The van der Waals surface area contributed by atoms with E-state index in [1.807, 2.05) is 37.4 Å². The average molecular weight is 295 g/mol. The van der Waals surface area contributed by atoms with Gasteiger partial charge in [-0.05, 0) is 41.1 Å². The van der Waals surface area contributed by atoms with Crippen molar-refractivity contribution in [3.05, 3.63) is 46.2 Å². The van der Waals surface area contributed by atoms with Crippen LogP contribution in [0.2, 0.25) is 0 Å².